The fourth-order valence-corrected chi connectivity index (χ4v) is 19.9. The predicted octanol–water partition coefficient (Wildman–Crippen LogP) is 16.3. The molecule has 146 heavy (non-hydrogen) atoms. The fourth-order valence-electron chi connectivity index (χ4n) is 19.9. The van der Waals surface area contributed by atoms with E-state index < -0.39 is 24.5 Å². The highest BCUT2D eigenvalue weighted by molar-refractivity contribution is 5.60. The van der Waals surface area contributed by atoms with Crippen molar-refractivity contribution in [3.05, 3.63) is 144 Å². The molecule has 4 N–H and O–H groups in total. The van der Waals surface area contributed by atoms with E-state index in [2.05, 4.69) is 118 Å². The van der Waals surface area contributed by atoms with Gasteiger partial charge in [0.1, 0.15) is 102 Å². The van der Waals surface area contributed by atoms with Gasteiger partial charge in [-0.25, -0.2) is 0 Å². The number of aldehydes is 4. The molecule has 0 bridgehead atoms. The average Bonchev–Trinajstić information content (AvgIpc) is 1.63. The van der Waals surface area contributed by atoms with Crippen LogP contribution in [0.25, 0.3) is 0 Å². The molecule has 0 aromatic heterocycles. The molecule has 13 fully saturated rings. The first-order valence-electron chi connectivity index (χ1n) is 52.5. The van der Waals surface area contributed by atoms with E-state index in [0.717, 1.165) is 164 Å². The van der Waals surface area contributed by atoms with E-state index in [1.165, 1.54) is 27.1 Å². The third-order valence-electron chi connectivity index (χ3n) is 29.0. The van der Waals surface area contributed by atoms with Gasteiger partial charge in [0, 0.05) is 105 Å². The highest BCUT2D eigenvalue weighted by Gasteiger charge is 2.49. The molecule has 35 atom stereocenters. The van der Waals surface area contributed by atoms with Gasteiger partial charge in [0.15, 0.2) is 0 Å². The van der Waals surface area contributed by atoms with Gasteiger partial charge in [-0.3, -0.25) is 21.3 Å². The number of nitrogens with one attached hydrogen (secondary N) is 4. The van der Waals surface area contributed by atoms with Gasteiger partial charge in [-0.05, 0) is 117 Å². The summed E-state index contributed by atoms with van der Waals surface area (Å²) in [7, 11) is 9.46. The SMILES string of the molecule is C.C.C.C.CC[C@@H]1CCOC2C1OCO[C@H]2CC.CC[C@H]1CCOC2C1OCO[C@H]2CC.CC[C@H]1OCOC2C1OCO[C@@H]2CC.COC(C)C(N[C@H](C=O)Cc1ccccc1)OC.COC(N[C@H](C=O)Cc1ccccc1)C(N[C@H](C=O)Cc1ccccc1)OC.COCC(N[C@H](C=O)Cc1ccccc1)OC.C[C@@H]1COC2C1OC[C@@H]2C.C[C@@H]1COC2C1OC[C@H]2C.C[C@@H]1COC[C@H]1C.C[C@H]1COC2C1OC[C@@H]2C. The second-order valence-electron chi connectivity index (χ2n) is 39.7. The van der Waals surface area contributed by atoms with Crippen LogP contribution >= 0.6 is 0 Å². The van der Waals surface area contributed by atoms with Crippen LogP contribution in [0.1, 0.15) is 207 Å². The zero-order valence-corrected chi connectivity index (χ0v) is 89.2. The third kappa shape index (κ3) is 42.7. The molecule has 0 radical (unpaired) electrons. The minimum Gasteiger partial charge on any atom is -0.381 e. The molecule has 4 aromatic carbocycles. The van der Waals surface area contributed by atoms with E-state index in [1.54, 1.807) is 28.4 Å². The monoisotopic (exact) mass is 2070 g/mol. The van der Waals surface area contributed by atoms with E-state index in [0.29, 0.717) is 143 Å². The Bertz CT molecular complexity index is 3560. The summed E-state index contributed by atoms with van der Waals surface area (Å²) in [5.41, 5.74) is 4.31. The highest BCUT2D eigenvalue weighted by atomic mass is 16.8. The Hall–Kier alpha value is -5.52. The van der Waals surface area contributed by atoms with Gasteiger partial charge in [0.2, 0.25) is 0 Å². The lowest BCUT2D eigenvalue weighted by molar-refractivity contribution is -0.322. The number of hydrogen-bond donors (Lipinski definition) is 4. The maximum absolute atomic E-state index is 11.6. The molecule has 17 rings (SSSR count). The van der Waals surface area contributed by atoms with Crippen LogP contribution in [0.4, 0.5) is 0 Å². The van der Waals surface area contributed by atoms with Crippen LogP contribution in [0.3, 0.4) is 0 Å². The van der Waals surface area contributed by atoms with Gasteiger partial charge in [-0.2, -0.15) is 0 Å². The molecular formula is C115H196N4O27. The molecule has 13 aliphatic rings. The first-order valence-corrected chi connectivity index (χ1v) is 52.5. The van der Waals surface area contributed by atoms with Crippen molar-refractivity contribution in [1.82, 2.24) is 21.3 Å². The normalized spacial score (nSPS) is 32.0. The van der Waals surface area contributed by atoms with Crippen molar-refractivity contribution >= 4 is 25.1 Å². The number of hydrogen-bond acceptors (Lipinski definition) is 31. The Balaban J connectivity index is 0.000000343. The van der Waals surface area contributed by atoms with Crippen molar-refractivity contribution in [3.8, 4) is 0 Å². The van der Waals surface area contributed by atoms with Crippen LogP contribution in [0.15, 0.2) is 121 Å². The van der Waals surface area contributed by atoms with E-state index in [-0.39, 0.29) is 121 Å². The molecule has 31 heteroatoms. The quantitative estimate of drug-likeness (QED) is 0.0245. The Morgan fingerprint density at radius 3 is 0.760 bits per heavy atom. The van der Waals surface area contributed by atoms with Crippen molar-refractivity contribution in [2.45, 2.75) is 363 Å². The maximum atomic E-state index is 11.6. The van der Waals surface area contributed by atoms with Crippen LogP contribution in [0.2, 0.25) is 0 Å². The summed E-state index contributed by atoms with van der Waals surface area (Å²) in [6.45, 7) is 43.5. The van der Waals surface area contributed by atoms with Crippen molar-refractivity contribution in [2.75, 3.05) is 143 Å². The summed E-state index contributed by atoms with van der Waals surface area (Å²) < 4.78 is 126. The number of carbonyl (C=O) groups excluding carboxylic acids is 4. The minimum atomic E-state index is -0.609. The molecule has 0 amide bonds. The minimum absolute atomic E-state index is 0. The Labute approximate surface area is 878 Å². The van der Waals surface area contributed by atoms with Gasteiger partial charge >= 0.3 is 0 Å². The van der Waals surface area contributed by atoms with Crippen LogP contribution < -0.4 is 21.3 Å². The first-order chi connectivity index (χ1) is 69.0. The Morgan fingerprint density at radius 2 is 0.541 bits per heavy atom. The lowest BCUT2D eigenvalue weighted by atomic mass is 9.86. The molecule has 0 spiro atoms. The van der Waals surface area contributed by atoms with Crippen molar-refractivity contribution in [2.24, 2.45) is 59.2 Å². The summed E-state index contributed by atoms with van der Waals surface area (Å²) in [6, 6.07) is 37.8. The van der Waals surface area contributed by atoms with Crippen LogP contribution in [0.5, 0.6) is 0 Å². The second kappa shape index (κ2) is 74.5. The highest BCUT2D eigenvalue weighted by Crippen LogP contribution is 2.39. The lowest BCUT2D eigenvalue weighted by Gasteiger charge is -2.44. The largest absolute Gasteiger partial charge is 0.381 e. The van der Waals surface area contributed by atoms with E-state index in [9.17, 15) is 19.2 Å². The Kier molecular flexibility index (Phi) is 67.7. The molecule has 4 aromatic rings. The van der Waals surface area contributed by atoms with E-state index in [1.807, 2.05) is 128 Å². The molecule has 0 aliphatic carbocycles. The maximum Gasteiger partial charge on any atom is 0.148 e. The summed E-state index contributed by atoms with van der Waals surface area (Å²) in [6.07, 6.45) is 16.7. The summed E-state index contributed by atoms with van der Waals surface area (Å²) in [4.78, 5) is 45.2. The predicted molar refractivity (Wildman–Crippen MR) is 569 cm³/mol. The molecule has 31 nitrogen and oxygen atoms in total. The smallest absolute Gasteiger partial charge is 0.148 e. The number of methoxy groups -OCH3 is 6. The third-order valence-corrected chi connectivity index (χ3v) is 29.0. The average molecular weight is 2070 g/mol. The van der Waals surface area contributed by atoms with Crippen molar-refractivity contribution in [3.63, 3.8) is 0 Å². The second-order valence-corrected chi connectivity index (χ2v) is 39.7. The van der Waals surface area contributed by atoms with Crippen molar-refractivity contribution in [1.29, 1.82) is 0 Å². The number of rotatable bonds is 35. The molecule has 0 saturated carbocycles. The topological polar surface area (TPSA) is 329 Å². The first kappa shape index (κ1) is 133. The van der Waals surface area contributed by atoms with Gasteiger partial charge < -0.3 is 128 Å². The number of ether oxygens (including phenoxy) is 23. The van der Waals surface area contributed by atoms with E-state index >= 15 is 0 Å². The van der Waals surface area contributed by atoms with Crippen LogP contribution in [0, 0.1) is 59.2 Å². The fraction of sp³-hybridized carbons (Fsp3) is 0.757. The summed E-state index contributed by atoms with van der Waals surface area (Å²) >= 11 is 0. The van der Waals surface area contributed by atoms with Crippen molar-refractivity contribution < 1.29 is 128 Å². The number of carbonyl (C=O) groups is 4. The molecule has 13 saturated heterocycles. The van der Waals surface area contributed by atoms with Gasteiger partial charge in [-0.1, -0.05) is 261 Å². The molecule has 838 valence electrons. The number of benzene rings is 4. The summed E-state index contributed by atoms with van der Waals surface area (Å²) in [5, 5.41) is 12.5. The zero-order valence-electron chi connectivity index (χ0n) is 89.2. The standard InChI is InChI=1S/C22H28N2O4.C14H21NO3.C13H19NO3.2C11H20O3.C10H18O4.3C8H14O2.C6H12O.4CH4/c1-27-21(23-19(15-25)13-17-9-5-3-6-10-17)22(28-2)24-20(16-26)14-18-11-7-4-8-12-18;1-11(17-2)14(18-3)15-13(10-16)9-12-7-5-4-6-8-12;1-16-10-13(17-2)14-12(9-15)8-11-6-4-3-5-7-11;2*1-3-8-5-6-12-11-9(4-2)13-7-14-10(8)11;1-3-7-9-10(14-5-11-7)8(4-2)12-6-13-9;3*1-5-3-9-8-6(2)4-10-7(5)8;1-5-3-7-4-6(5)2;;;;/h3-12,15-16,19-24H,13-14H2,1-2H3;4-8,10-11,13-15H,9H2,1-3H3;3-7,9,12-14H,8,10H2,1-2H3;2*8-11H,3-7H2,1-2H3;7-10H,3-6H2,1-2H3;3*5-8H,3-4H2,1-2H3;5-6H,3-4H2,1-2H3;4*1H4/t19-,20-,21?,22?;11?,13-,14?;12-,13?;8-,9+,10?,11?;8-,9-,10?,11?;7-,8-,9?,10?;5-,6+,7?,8?;2*5-,6-,7?,8?;5-,6-;;;;/m000101.101..../s1. The van der Waals surface area contributed by atoms with E-state index in [4.69, 9.17) is 109 Å². The molecule has 17 unspecified atom stereocenters. The Morgan fingerprint density at radius 1 is 0.288 bits per heavy atom. The molecule has 13 heterocycles. The zero-order chi connectivity index (χ0) is 103. The van der Waals surface area contributed by atoms with Gasteiger partial charge in [-0.15, -0.1) is 0 Å². The lowest BCUT2D eigenvalue weighted by Crippen LogP contribution is -2.56. The van der Waals surface area contributed by atoms with Gasteiger partial charge in [0.25, 0.3) is 0 Å². The van der Waals surface area contributed by atoms with Crippen LogP contribution in [-0.2, 0) is 154 Å². The van der Waals surface area contributed by atoms with Gasteiger partial charge in [0.05, 0.1) is 150 Å². The number of fused-ring (bicyclic) bond motifs is 6. The molecule has 13 aliphatic heterocycles. The van der Waals surface area contributed by atoms with Crippen LogP contribution in [-0.4, -0.2) is 320 Å². The molecular weight excluding hydrogens is 1870 g/mol. The summed E-state index contributed by atoms with van der Waals surface area (Å²) in [5.74, 6) is 6.54.